The molecular formula is C16H19N3O3. The van der Waals surface area contributed by atoms with Crippen molar-refractivity contribution in [2.24, 2.45) is 0 Å². The molecule has 6 nitrogen and oxygen atoms in total. The summed E-state index contributed by atoms with van der Waals surface area (Å²) in [7, 11) is 1.71. The quantitative estimate of drug-likeness (QED) is 0.867. The Morgan fingerprint density at radius 2 is 2.14 bits per heavy atom. The number of hydrogen-bond acceptors (Lipinski definition) is 6. The molecule has 1 saturated heterocycles. The number of nitrogens with zero attached hydrogens (tertiary/aromatic N) is 3. The minimum absolute atomic E-state index is 0.324. The number of ether oxygens (including phenoxy) is 1. The lowest BCUT2D eigenvalue weighted by atomic mass is 9.98. The van der Waals surface area contributed by atoms with E-state index in [1.165, 1.54) is 5.56 Å². The van der Waals surface area contributed by atoms with Crippen LogP contribution in [0.3, 0.4) is 0 Å². The summed E-state index contributed by atoms with van der Waals surface area (Å²) in [5.41, 5.74) is 2.21. The molecule has 2 aliphatic heterocycles. The van der Waals surface area contributed by atoms with Crippen LogP contribution < -0.4 is 4.74 Å². The van der Waals surface area contributed by atoms with Crippen molar-refractivity contribution in [1.29, 1.82) is 0 Å². The van der Waals surface area contributed by atoms with Gasteiger partial charge >= 0.3 is 0 Å². The monoisotopic (exact) mass is 301 g/mol. The van der Waals surface area contributed by atoms with E-state index in [2.05, 4.69) is 16.2 Å². The summed E-state index contributed by atoms with van der Waals surface area (Å²) in [4.78, 5) is 9.85. The van der Waals surface area contributed by atoms with Gasteiger partial charge in [-0.1, -0.05) is 5.16 Å². The normalized spacial score (nSPS) is 19.1. The smallest absolute Gasteiger partial charge is 0.230 e. The van der Waals surface area contributed by atoms with Crippen LogP contribution in [0.4, 0.5) is 0 Å². The Hall–Kier alpha value is -1.92. The van der Waals surface area contributed by atoms with E-state index in [0.29, 0.717) is 11.7 Å². The molecule has 0 bridgehead atoms. The second kappa shape index (κ2) is 5.70. The number of hydrogen-bond donors (Lipinski definition) is 0. The molecule has 1 aromatic heterocycles. The van der Waals surface area contributed by atoms with Gasteiger partial charge in [-0.15, -0.1) is 0 Å². The fourth-order valence-electron chi connectivity index (χ4n) is 3.13. The van der Waals surface area contributed by atoms with E-state index in [1.807, 2.05) is 17.2 Å². The van der Waals surface area contributed by atoms with E-state index < -0.39 is 0 Å². The molecule has 0 atom stereocenters. The van der Waals surface area contributed by atoms with E-state index >= 15 is 0 Å². The van der Waals surface area contributed by atoms with Gasteiger partial charge < -0.3 is 14.1 Å². The molecule has 4 rings (SSSR count). The second-order valence-electron chi connectivity index (χ2n) is 5.76. The molecule has 0 amide bonds. The van der Waals surface area contributed by atoms with Gasteiger partial charge in [-0.05, 0) is 36.6 Å². The highest BCUT2D eigenvalue weighted by molar-refractivity contribution is 5.59. The lowest BCUT2D eigenvalue weighted by Crippen LogP contribution is -2.32. The molecule has 3 heterocycles. The Morgan fingerprint density at radius 3 is 2.95 bits per heavy atom. The van der Waals surface area contributed by atoms with Crippen molar-refractivity contribution in [1.82, 2.24) is 15.2 Å². The third-order valence-electron chi connectivity index (χ3n) is 4.45. The van der Waals surface area contributed by atoms with E-state index in [9.17, 15) is 0 Å². The molecule has 6 heteroatoms. The first-order chi connectivity index (χ1) is 10.8. The van der Waals surface area contributed by atoms with Gasteiger partial charge in [0.15, 0.2) is 0 Å². The molecule has 0 radical (unpaired) electrons. The first kappa shape index (κ1) is 13.7. The number of aromatic nitrogens is 2. The number of rotatable bonds is 3. The van der Waals surface area contributed by atoms with Crippen molar-refractivity contribution in [3.05, 3.63) is 29.7 Å². The summed E-state index contributed by atoms with van der Waals surface area (Å²) in [6.07, 6.45) is 2.91. The first-order valence-corrected chi connectivity index (χ1v) is 7.72. The van der Waals surface area contributed by atoms with Gasteiger partial charge in [0.25, 0.3) is 0 Å². The molecule has 0 saturated carbocycles. The zero-order chi connectivity index (χ0) is 14.9. The van der Waals surface area contributed by atoms with E-state index in [1.54, 1.807) is 7.11 Å². The van der Waals surface area contributed by atoms with Gasteiger partial charge in [0, 0.05) is 31.0 Å². The van der Waals surface area contributed by atoms with E-state index in [4.69, 9.17) is 14.1 Å². The zero-order valence-corrected chi connectivity index (χ0v) is 12.6. The highest BCUT2D eigenvalue weighted by atomic mass is 16.7. The Balaban J connectivity index is 1.52. The molecule has 22 heavy (non-hydrogen) atoms. The summed E-state index contributed by atoms with van der Waals surface area (Å²) in [5, 5.41) is 6.12. The second-order valence-corrected chi connectivity index (χ2v) is 5.76. The van der Waals surface area contributed by atoms with Crippen LogP contribution in [-0.2, 0) is 11.3 Å². The Kier molecular flexibility index (Phi) is 3.56. The topological polar surface area (TPSA) is 60.6 Å². The molecule has 0 N–H and O–H groups in total. The maximum atomic E-state index is 5.53. The van der Waals surface area contributed by atoms with Crippen LogP contribution in [0, 0.1) is 0 Å². The highest BCUT2D eigenvalue weighted by Gasteiger charge is 2.25. The van der Waals surface area contributed by atoms with Crippen LogP contribution in [0.2, 0.25) is 0 Å². The van der Waals surface area contributed by atoms with Gasteiger partial charge in [-0.3, -0.25) is 0 Å². The molecule has 0 spiro atoms. The van der Waals surface area contributed by atoms with Crippen molar-refractivity contribution in [2.75, 3.05) is 26.8 Å². The minimum Gasteiger partial charge on any atom is -0.493 e. The highest BCUT2D eigenvalue weighted by Crippen LogP contribution is 2.31. The summed E-state index contributed by atoms with van der Waals surface area (Å²) in [6, 6.07) is 6.08. The maximum Gasteiger partial charge on any atom is 0.230 e. The van der Waals surface area contributed by atoms with Gasteiger partial charge in [0.05, 0.1) is 13.7 Å². The van der Waals surface area contributed by atoms with Crippen LogP contribution in [0.15, 0.2) is 22.7 Å². The molecule has 1 fully saturated rings. The molecule has 0 aliphatic carbocycles. The van der Waals surface area contributed by atoms with E-state index in [0.717, 1.165) is 56.2 Å². The van der Waals surface area contributed by atoms with Crippen LogP contribution in [0.1, 0.15) is 30.2 Å². The number of piperidine rings is 1. The third-order valence-corrected chi connectivity index (χ3v) is 4.45. The van der Waals surface area contributed by atoms with Crippen molar-refractivity contribution in [2.45, 2.75) is 25.2 Å². The molecule has 116 valence electrons. The Labute approximate surface area is 129 Å². The lowest BCUT2D eigenvalue weighted by molar-refractivity contribution is -0.144. The molecule has 0 unspecified atom stereocenters. The molecular weight excluding hydrogens is 282 g/mol. The first-order valence-electron chi connectivity index (χ1n) is 7.72. The number of benzene rings is 1. The van der Waals surface area contributed by atoms with Gasteiger partial charge in [-0.2, -0.15) is 10.0 Å². The predicted molar refractivity (Wildman–Crippen MR) is 79.5 cm³/mol. The third kappa shape index (κ3) is 2.48. The van der Waals surface area contributed by atoms with Crippen LogP contribution in [-0.4, -0.2) is 42.0 Å². The van der Waals surface area contributed by atoms with E-state index in [-0.39, 0.29) is 0 Å². The zero-order valence-electron chi connectivity index (χ0n) is 12.6. The van der Waals surface area contributed by atoms with Crippen molar-refractivity contribution >= 4 is 0 Å². The lowest BCUT2D eigenvalue weighted by Gasteiger charge is -2.27. The van der Waals surface area contributed by atoms with Crippen molar-refractivity contribution in [3.63, 3.8) is 0 Å². The van der Waals surface area contributed by atoms with Crippen LogP contribution >= 0.6 is 0 Å². The largest absolute Gasteiger partial charge is 0.493 e. The van der Waals surface area contributed by atoms with Crippen molar-refractivity contribution < 1.29 is 14.1 Å². The summed E-state index contributed by atoms with van der Waals surface area (Å²) >= 11 is 0. The Bertz CT molecular complexity index is 662. The van der Waals surface area contributed by atoms with Gasteiger partial charge in [0.2, 0.25) is 11.7 Å². The SMILES string of the molecule is CON1CCC(c2nc(-c3ccc4c(c3)CCO4)no2)CC1. The van der Waals surface area contributed by atoms with Gasteiger partial charge in [0.1, 0.15) is 5.75 Å². The standard InChI is InChI=1S/C16H19N3O3/c1-20-19-7-4-11(5-8-19)16-17-15(18-22-16)13-2-3-14-12(10-13)6-9-21-14/h2-3,10-11H,4-9H2,1H3. The number of hydroxylamine groups is 2. The summed E-state index contributed by atoms with van der Waals surface area (Å²) < 4.78 is 11.0. The fraction of sp³-hybridized carbons (Fsp3) is 0.500. The minimum atomic E-state index is 0.324. The maximum absolute atomic E-state index is 5.53. The number of fused-ring (bicyclic) bond motifs is 1. The van der Waals surface area contributed by atoms with Crippen molar-refractivity contribution in [3.8, 4) is 17.1 Å². The molecule has 2 aliphatic rings. The van der Waals surface area contributed by atoms with Gasteiger partial charge in [-0.25, -0.2) is 0 Å². The van der Waals surface area contributed by atoms with Crippen LogP contribution in [0.25, 0.3) is 11.4 Å². The summed E-state index contributed by atoms with van der Waals surface area (Å²) in [6.45, 7) is 2.55. The molecule has 2 aromatic rings. The average molecular weight is 301 g/mol. The fourth-order valence-corrected chi connectivity index (χ4v) is 3.13. The molecule has 1 aromatic carbocycles. The Morgan fingerprint density at radius 1 is 1.27 bits per heavy atom. The average Bonchev–Trinajstić information content (AvgIpc) is 3.23. The predicted octanol–water partition coefficient (Wildman–Crippen LogP) is 2.41. The van der Waals surface area contributed by atoms with Crippen LogP contribution in [0.5, 0.6) is 5.75 Å². The summed E-state index contributed by atoms with van der Waals surface area (Å²) in [5.74, 6) is 2.70.